The molecule has 0 radical (unpaired) electrons. The molecule has 0 heterocycles. The molecule has 5 heteroatoms. The first-order valence-corrected chi connectivity index (χ1v) is 6.27. The number of amides is 1. The van der Waals surface area contributed by atoms with E-state index in [4.69, 9.17) is 11.6 Å². The van der Waals surface area contributed by atoms with Crippen LogP contribution in [0.1, 0.15) is 23.2 Å². The minimum Gasteiger partial charge on any atom is -0.507 e. The lowest BCUT2D eigenvalue weighted by Crippen LogP contribution is -2.39. The monoisotopic (exact) mass is 269 g/mol. The van der Waals surface area contributed by atoms with Gasteiger partial charge in [-0.3, -0.25) is 4.79 Å². The number of aliphatic hydroxyl groups excluding tert-OH is 1. The van der Waals surface area contributed by atoms with E-state index in [0.717, 1.165) is 12.8 Å². The molecule has 1 aliphatic rings. The van der Waals surface area contributed by atoms with Gasteiger partial charge in [-0.05, 0) is 37.0 Å². The zero-order chi connectivity index (χ0) is 13.3. The average molecular weight is 270 g/mol. The number of carbonyl (C=O) groups excluding carboxylic acids is 1. The lowest BCUT2D eigenvalue weighted by Gasteiger charge is -2.34. The van der Waals surface area contributed by atoms with Crippen molar-refractivity contribution in [3.63, 3.8) is 0 Å². The Hall–Kier alpha value is -1.26. The highest BCUT2D eigenvalue weighted by Gasteiger charge is 2.29. The molecule has 1 amide bonds. The molecule has 1 aromatic carbocycles. The molecule has 1 fully saturated rings. The van der Waals surface area contributed by atoms with Crippen LogP contribution in [-0.4, -0.2) is 40.7 Å². The van der Waals surface area contributed by atoms with Gasteiger partial charge in [0.05, 0.1) is 11.7 Å². The molecule has 0 atom stereocenters. The number of aliphatic hydroxyl groups is 1. The van der Waals surface area contributed by atoms with Gasteiger partial charge in [-0.25, -0.2) is 0 Å². The summed E-state index contributed by atoms with van der Waals surface area (Å²) in [7, 11) is 1.70. The minimum atomic E-state index is -0.231. The summed E-state index contributed by atoms with van der Waals surface area (Å²) in [5.74, 6) is 0.0157. The summed E-state index contributed by atoms with van der Waals surface area (Å²) in [5.41, 5.74) is 0.252. The fourth-order valence-electron chi connectivity index (χ4n) is 2.21. The molecule has 2 rings (SSSR count). The van der Waals surface area contributed by atoms with E-state index >= 15 is 0 Å². The van der Waals surface area contributed by atoms with E-state index in [2.05, 4.69) is 0 Å². The molecule has 18 heavy (non-hydrogen) atoms. The normalized spacial score (nSPS) is 22.4. The lowest BCUT2D eigenvalue weighted by molar-refractivity contribution is 0.0264. The van der Waals surface area contributed by atoms with E-state index < -0.39 is 0 Å². The topological polar surface area (TPSA) is 60.8 Å². The summed E-state index contributed by atoms with van der Waals surface area (Å²) in [5, 5.41) is 19.3. The van der Waals surface area contributed by atoms with Crippen molar-refractivity contribution in [2.24, 2.45) is 5.92 Å². The van der Waals surface area contributed by atoms with Crippen LogP contribution in [0.5, 0.6) is 5.75 Å². The number of phenolic OH excluding ortho intramolecular Hbond substituents is 1. The van der Waals surface area contributed by atoms with Gasteiger partial charge in [-0.15, -0.1) is 0 Å². The largest absolute Gasteiger partial charge is 0.507 e. The lowest BCUT2D eigenvalue weighted by atomic mass is 9.82. The van der Waals surface area contributed by atoms with Gasteiger partial charge in [0.2, 0.25) is 0 Å². The number of benzene rings is 1. The summed E-state index contributed by atoms with van der Waals surface area (Å²) in [4.78, 5) is 13.7. The van der Waals surface area contributed by atoms with Crippen LogP contribution in [0.25, 0.3) is 0 Å². The maximum Gasteiger partial charge on any atom is 0.257 e. The maximum absolute atomic E-state index is 12.1. The van der Waals surface area contributed by atoms with E-state index in [1.54, 1.807) is 18.0 Å². The first kappa shape index (κ1) is 13.2. The van der Waals surface area contributed by atoms with Crippen LogP contribution < -0.4 is 0 Å². The van der Waals surface area contributed by atoms with Gasteiger partial charge in [-0.1, -0.05) is 11.6 Å². The molecular weight excluding hydrogens is 254 g/mol. The summed E-state index contributed by atoms with van der Waals surface area (Å²) >= 11 is 5.72. The van der Waals surface area contributed by atoms with Gasteiger partial charge >= 0.3 is 0 Å². The molecule has 1 aromatic rings. The van der Waals surface area contributed by atoms with Crippen molar-refractivity contribution in [1.29, 1.82) is 0 Å². The minimum absolute atomic E-state index is 0.104. The van der Waals surface area contributed by atoms with Crippen molar-refractivity contribution < 1.29 is 15.0 Å². The summed E-state index contributed by atoms with van der Waals surface area (Å²) in [6.45, 7) is 0.595. The summed E-state index contributed by atoms with van der Waals surface area (Å²) in [6, 6.07) is 4.46. The molecule has 1 aliphatic carbocycles. The van der Waals surface area contributed by atoms with Crippen LogP contribution in [0.3, 0.4) is 0 Å². The van der Waals surface area contributed by atoms with Crippen molar-refractivity contribution in [1.82, 2.24) is 4.90 Å². The number of nitrogens with zero attached hydrogens (tertiary/aromatic N) is 1. The molecule has 0 spiro atoms. The van der Waals surface area contributed by atoms with E-state index in [-0.39, 0.29) is 23.3 Å². The molecular formula is C13H16ClNO3. The zero-order valence-corrected chi connectivity index (χ0v) is 10.9. The first-order chi connectivity index (χ1) is 8.47. The number of phenols is 1. The van der Waals surface area contributed by atoms with Crippen molar-refractivity contribution in [3.8, 4) is 5.75 Å². The van der Waals surface area contributed by atoms with Crippen molar-refractivity contribution >= 4 is 17.5 Å². The molecule has 0 bridgehead atoms. The predicted molar refractivity (Wildman–Crippen MR) is 68.8 cm³/mol. The van der Waals surface area contributed by atoms with Crippen LogP contribution >= 0.6 is 11.6 Å². The fourth-order valence-corrected chi connectivity index (χ4v) is 2.38. The molecule has 0 unspecified atom stereocenters. The number of aromatic hydroxyl groups is 1. The standard InChI is InChI=1S/C13H16ClNO3/c1-15(7-8-4-10(16)5-8)13(18)11-3-2-9(14)6-12(11)17/h2-3,6,8,10,16-17H,4-5,7H2,1H3. The Morgan fingerprint density at radius 3 is 2.72 bits per heavy atom. The number of carbonyl (C=O) groups is 1. The number of hydrogen-bond donors (Lipinski definition) is 2. The predicted octanol–water partition coefficient (Wildman–Crippen LogP) is 1.89. The Bertz CT molecular complexity index is 458. The SMILES string of the molecule is CN(CC1CC(O)C1)C(=O)c1ccc(Cl)cc1O. The number of hydrogen-bond acceptors (Lipinski definition) is 3. The van der Waals surface area contributed by atoms with Gasteiger partial charge in [0.25, 0.3) is 5.91 Å². The fraction of sp³-hybridized carbons (Fsp3) is 0.462. The second kappa shape index (κ2) is 5.16. The van der Waals surface area contributed by atoms with Crippen molar-refractivity contribution in [2.45, 2.75) is 18.9 Å². The smallest absolute Gasteiger partial charge is 0.257 e. The highest BCUT2D eigenvalue weighted by atomic mass is 35.5. The molecule has 2 N–H and O–H groups in total. The Kier molecular flexibility index (Phi) is 3.78. The van der Waals surface area contributed by atoms with Crippen LogP contribution in [0.2, 0.25) is 5.02 Å². The molecule has 1 saturated carbocycles. The second-order valence-corrected chi connectivity index (χ2v) is 5.27. The van der Waals surface area contributed by atoms with Gasteiger partial charge in [0, 0.05) is 18.6 Å². The molecule has 0 aliphatic heterocycles. The van der Waals surface area contributed by atoms with Gasteiger partial charge in [-0.2, -0.15) is 0 Å². The highest BCUT2D eigenvalue weighted by molar-refractivity contribution is 6.30. The molecule has 98 valence electrons. The molecule has 0 aromatic heterocycles. The second-order valence-electron chi connectivity index (χ2n) is 4.84. The van der Waals surface area contributed by atoms with Crippen molar-refractivity contribution in [3.05, 3.63) is 28.8 Å². The Morgan fingerprint density at radius 2 is 2.17 bits per heavy atom. The highest BCUT2D eigenvalue weighted by Crippen LogP contribution is 2.29. The quantitative estimate of drug-likeness (QED) is 0.881. The molecule has 0 saturated heterocycles. The van der Waals surface area contributed by atoms with Crippen LogP contribution in [0.4, 0.5) is 0 Å². The van der Waals surface area contributed by atoms with Crippen LogP contribution in [-0.2, 0) is 0 Å². The number of rotatable bonds is 3. The Labute approximate surface area is 111 Å². The third kappa shape index (κ3) is 2.76. The summed E-state index contributed by atoms with van der Waals surface area (Å²) < 4.78 is 0. The number of halogens is 1. The van der Waals surface area contributed by atoms with Gasteiger partial charge < -0.3 is 15.1 Å². The van der Waals surface area contributed by atoms with Crippen molar-refractivity contribution in [2.75, 3.05) is 13.6 Å². The van der Waals surface area contributed by atoms with Crippen LogP contribution in [0, 0.1) is 5.92 Å². The van der Waals surface area contributed by atoms with Crippen LogP contribution in [0.15, 0.2) is 18.2 Å². The molecule has 4 nitrogen and oxygen atoms in total. The van der Waals surface area contributed by atoms with E-state index in [9.17, 15) is 15.0 Å². The van der Waals surface area contributed by atoms with Gasteiger partial charge in [0.15, 0.2) is 0 Å². The van der Waals surface area contributed by atoms with E-state index in [0.29, 0.717) is 17.5 Å². The third-order valence-corrected chi connectivity index (χ3v) is 3.51. The first-order valence-electron chi connectivity index (χ1n) is 5.89. The van der Waals surface area contributed by atoms with E-state index in [1.165, 1.54) is 12.1 Å². The third-order valence-electron chi connectivity index (χ3n) is 3.28. The van der Waals surface area contributed by atoms with Gasteiger partial charge in [0.1, 0.15) is 5.75 Å². The van der Waals surface area contributed by atoms with E-state index in [1.807, 2.05) is 0 Å². The Balaban J connectivity index is 2.01. The average Bonchev–Trinajstić information content (AvgIpc) is 2.26. The summed E-state index contributed by atoms with van der Waals surface area (Å²) in [6.07, 6.45) is 1.26. The zero-order valence-electron chi connectivity index (χ0n) is 10.1. The maximum atomic E-state index is 12.1. The Morgan fingerprint density at radius 1 is 1.50 bits per heavy atom.